The predicted molar refractivity (Wildman–Crippen MR) is 113 cm³/mol. The summed E-state index contributed by atoms with van der Waals surface area (Å²) >= 11 is 1.68. The average molecular weight is 362 g/mol. The lowest BCUT2D eigenvalue weighted by atomic mass is 10.0. The van der Waals surface area contributed by atoms with Crippen molar-refractivity contribution in [2.45, 2.75) is 27.7 Å². The monoisotopic (exact) mass is 362 g/mol. The Morgan fingerprint density at radius 3 is 2.42 bits per heavy atom. The normalized spacial score (nSPS) is 11.5. The van der Waals surface area contributed by atoms with E-state index in [-0.39, 0.29) is 5.43 Å². The van der Waals surface area contributed by atoms with Gasteiger partial charge in [0.05, 0.1) is 20.8 Å². The van der Waals surface area contributed by atoms with E-state index < -0.39 is 0 Å². The molecule has 1 heterocycles. The molecule has 26 heavy (non-hydrogen) atoms. The number of aromatic nitrogens is 1. The van der Waals surface area contributed by atoms with Crippen molar-refractivity contribution in [3.8, 4) is 10.6 Å². The SMILES string of the molecule is CCN(CC)c1cc(C)c2nc3c4ccccc4c(=O)c(C)c-3sc2c1. The van der Waals surface area contributed by atoms with Crippen LogP contribution in [0.25, 0.3) is 31.6 Å². The van der Waals surface area contributed by atoms with Crippen LogP contribution in [0.1, 0.15) is 25.0 Å². The quantitative estimate of drug-likeness (QED) is 0.362. The zero-order valence-corrected chi connectivity index (χ0v) is 16.4. The van der Waals surface area contributed by atoms with E-state index in [2.05, 4.69) is 37.8 Å². The lowest BCUT2D eigenvalue weighted by molar-refractivity contribution is 0.866. The highest BCUT2D eigenvalue weighted by molar-refractivity contribution is 7.21. The molecule has 3 nitrogen and oxygen atoms in total. The molecule has 2 aromatic rings. The molecule has 0 unspecified atom stereocenters. The highest BCUT2D eigenvalue weighted by Gasteiger charge is 2.19. The van der Waals surface area contributed by atoms with Crippen molar-refractivity contribution in [2.75, 3.05) is 18.0 Å². The molecule has 0 amide bonds. The standard InChI is InChI=1S/C22H22N2OS/c1-5-24(6-2)15-11-13(3)19-18(12-15)26-22-14(4)21(25)17-10-8-7-9-16(17)20(22)23-19/h7-12H,5-6H2,1-4H3. The van der Waals surface area contributed by atoms with Crippen LogP contribution < -0.4 is 10.3 Å². The van der Waals surface area contributed by atoms with Crippen LogP contribution in [-0.2, 0) is 0 Å². The van der Waals surface area contributed by atoms with Gasteiger partial charge in [0.25, 0.3) is 0 Å². The number of nitrogens with zero attached hydrogens (tertiary/aromatic N) is 2. The van der Waals surface area contributed by atoms with Gasteiger partial charge in [-0.2, -0.15) is 0 Å². The third-order valence-electron chi connectivity index (χ3n) is 5.14. The summed E-state index contributed by atoms with van der Waals surface area (Å²) in [5.74, 6) is 0. The van der Waals surface area contributed by atoms with Crippen LogP contribution in [0.5, 0.6) is 0 Å². The largest absolute Gasteiger partial charge is 0.372 e. The Morgan fingerprint density at radius 2 is 1.73 bits per heavy atom. The summed E-state index contributed by atoms with van der Waals surface area (Å²) in [5, 5.41) is 1.71. The molecule has 0 saturated carbocycles. The number of anilines is 1. The van der Waals surface area contributed by atoms with Gasteiger partial charge >= 0.3 is 0 Å². The lowest BCUT2D eigenvalue weighted by Gasteiger charge is -2.22. The minimum absolute atomic E-state index is 0.113. The van der Waals surface area contributed by atoms with Gasteiger partial charge in [0.2, 0.25) is 0 Å². The molecule has 4 rings (SSSR count). The third kappa shape index (κ3) is 2.48. The Balaban J connectivity index is 2.13. The molecule has 0 radical (unpaired) electrons. The van der Waals surface area contributed by atoms with Gasteiger partial charge in [-0.15, -0.1) is 11.3 Å². The van der Waals surface area contributed by atoms with Gasteiger partial charge in [0.1, 0.15) is 0 Å². The van der Waals surface area contributed by atoms with Gasteiger partial charge in [-0.25, -0.2) is 4.98 Å². The van der Waals surface area contributed by atoms with Gasteiger partial charge in [0.15, 0.2) is 5.43 Å². The number of rotatable bonds is 3. The van der Waals surface area contributed by atoms with Crippen LogP contribution in [0, 0.1) is 13.8 Å². The Kier molecular flexibility index (Phi) is 4.16. The summed E-state index contributed by atoms with van der Waals surface area (Å²) in [4.78, 5) is 21.1. The van der Waals surface area contributed by atoms with Crippen molar-refractivity contribution in [3.05, 3.63) is 57.7 Å². The Labute approximate surface area is 157 Å². The first-order valence-electron chi connectivity index (χ1n) is 9.06. The third-order valence-corrected chi connectivity index (χ3v) is 6.37. The molecular formula is C22H22N2OS. The second-order valence-electron chi connectivity index (χ2n) is 6.67. The molecule has 132 valence electrons. The fourth-order valence-corrected chi connectivity index (χ4v) is 4.87. The molecule has 0 N–H and O–H groups in total. The highest BCUT2D eigenvalue weighted by Crippen LogP contribution is 2.38. The molecule has 2 aromatic carbocycles. The smallest absolute Gasteiger partial charge is 0.190 e. The summed E-state index contributed by atoms with van der Waals surface area (Å²) in [6, 6.07) is 12.2. The van der Waals surface area contributed by atoms with E-state index in [1.54, 1.807) is 11.3 Å². The first kappa shape index (κ1) is 17.0. The fourth-order valence-electron chi connectivity index (χ4n) is 3.67. The van der Waals surface area contributed by atoms with Crippen molar-refractivity contribution >= 4 is 38.0 Å². The molecule has 0 fully saturated rings. The topological polar surface area (TPSA) is 33.2 Å². The van der Waals surface area contributed by atoms with Gasteiger partial charge < -0.3 is 4.90 Å². The van der Waals surface area contributed by atoms with E-state index in [0.717, 1.165) is 50.2 Å². The second-order valence-corrected chi connectivity index (χ2v) is 7.73. The Hall–Kier alpha value is -2.46. The van der Waals surface area contributed by atoms with E-state index in [1.165, 1.54) is 11.3 Å². The summed E-state index contributed by atoms with van der Waals surface area (Å²) < 4.78 is 1.14. The van der Waals surface area contributed by atoms with E-state index in [1.807, 2.05) is 31.2 Å². The van der Waals surface area contributed by atoms with Crippen molar-refractivity contribution in [1.29, 1.82) is 0 Å². The first-order chi connectivity index (χ1) is 12.5. The molecule has 0 saturated heterocycles. The van der Waals surface area contributed by atoms with Gasteiger partial charge in [0, 0.05) is 35.1 Å². The van der Waals surface area contributed by atoms with Gasteiger partial charge in [-0.1, -0.05) is 24.3 Å². The zero-order valence-electron chi connectivity index (χ0n) is 15.6. The number of benzene rings is 3. The van der Waals surface area contributed by atoms with Crippen LogP contribution >= 0.6 is 11.3 Å². The predicted octanol–water partition coefficient (Wildman–Crippen LogP) is 5.38. The molecule has 1 aliphatic heterocycles. The Bertz CT molecular complexity index is 1160. The number of hydrogen-bond donors (Lipinski definition) is 0. The maximum absolute atomic E-state index is 12.8. The lowest BCUT2D eigenvalue weighted by Crippen LogP contribution is -2.21. The highest BCUT2D eigenvalue weighted by atomic mass is 32.1. The molecule has 4 heteroatoms. The number of hydrogen-bond acceptors (Lipinski definition) is 4. The van der Waals surface area contributed by atoms with Crippen LogP contribution in [0.2, 0.25) is 0 Å². The summed E-state index contributed by atoms with van der Waals surface area (Å²) in [6.45, 7) is 10.3. The molecule has 1 aliphatic carbocycles. The van der Waals surface area contributed by atoms with Crippen LogP contribution in [0.4, 0.5) is 5.69 Å². The van der Waals surface area contributed by atoms with Gasteiger partial charge in [-0.3, -0.25) is 4.79 Å². The minimum Gasteiger partial charge on any atom is -0.372 e. The molecule has 0 bridgehead atoms. The van der Waals surface area contributed by atoms with Crippen molar-refractivity contribution in [2.24, 2.45) is 0 Å². The van der Waals surface area contributed by atoms with Crippen molar-refractivity contribution in [1.82, 2.24) is 4.98 Å². The van der Waals surface area contributed by atoms with E-state index >= 15 is 0 Å². The molecule has 0 aromatic heterocycles. The van der Waals surface area contributed by atoms with Crippen molar-refractivity contribution < 1.29 is 0 Å². The summed E-state index contributed by atoms with van der Waals surface area (Å²) in [5.41, 5.74) is 5.27. The number of aryl methyl sites for hydroxylation is 1. The Morgan fingerprint density at radius 1 is 1.04 bits per heavy atom. The maximum atomic E-state index is 12.8. The molecule has 0 spiro atoms. The van der Waals surface area contributed by atoms with Crippen LogP contribution in [-0.4, -0.2) is 18.1 Å². The summed E-state index contributed by atoms with van der Waals surface area (Å²) in [6.07, 6.45) is 0. The van der Waals surface area contributed by atoms with Gasteiger partial charge in [-0.05, 0) is 45.4 Å². The van der Waals surface area contributed by atoms with Crippen LogP contribution in [0.3, 0.4) is 0 Å². The fraction of sp³-hybridized carbons (Fsp3) is 0.273. The van der Waals surface area contributed by atoms with Crippen molar-refractivity contribution in [3.63, 3.8) is 0 Å². The van der Waals surface area contributed by atoms with Crippen LogP contribution in [0.15, 0.2) is 41.2 Å². The van der Waals surface area contributed by atoms with E-state index in [4.69, 9.17) is 4.98 Å². The van der Waals surface area contributed by atoms with E-state index in [9.17, 15) is 4.79 Å². The molecule has 2 aliphatic rings. The summed E-state index contributed by atoms with van der Waals surface area (Å²) in [7, 11) is 0. The zero-order chi connectivity index (χ0) is 18.4. The molecule has 0 atom stereocenters. The second kappa shape index (κ2) is 6.36. The van der Waals surface area contributed by atoms with E-state index in [0.29, 0.717) is 0 Å². The first-order valence-corrected chi connectivity index (χ1v) is 9.88. The minimum atomic E-state index is 0.113. The average Bonchev–Trinajstić information content (AvgIpc) is 2.66. The molecular weight excluding hydrogens is 340 g/mol. The number of fused-ring (bicyclic) bond motifs is 4. The maximum Gasteiger partial charge on any atom is 0.190 e.